The molecule has 1 fully saturated rings. The molecule has 0 bridgehead atoms. The first-order chi connectivity index (χ1) is 15.6. The van der Waals surface area contributed by atoms with Gasteiger partial charge in [0.1, 0.15) is 5.76 Å². The zero-order chi connectivity index (χ0) is 22.2. The number of pyridine rings is 1. The van der Waals surface area contributed by atoms with E-state index in [0.29, 0.717) is 18.5 Å². The Morgan fingerprint density at radius 1 is 1.09 bits per heavy atom. The molecule has 5 rings (SSSR count). The van der Waals surface area contributed by atoms with Gasteiger partial charge in [-0.05, 0) is 41.6 Å². The van der Waals surface area contributed by atoms with Crippen molar-refractivity contribution in [3.8, 4) is 0 Å². The van der Waals surface area contributed by atoms with Crippen molar-refractivity contribution in [1.29, 1.82) is 0 Å². The van der Waals surface area contributed by atoms with E-state index in [9.17, 15) is 14.7 Å². The summed E-state index contributed by atoms with van der Waals surface area (Å²) in [7, 11) is 2.00. The van der Waals surface area contributed by atoms with Crippen molar-refractivity contribution in [1.82, 2.24) is 14.5 Å². The first-order valence-electron chi connectivity index (χ1n) is 10.3. The highest BCUT2D eigenvalue weighted by molar-refractivity contribution is 7.10. The summed E-state index contributed by atoms with van der Waals surface area (Å²) in [6.07, 6.45) is 5.77. The van der Waals surface area contributed by atoms with E-state index in [1.165, 1.54) is 11.3 Å². The summed E-state index contributed by atoms with van der Waals surface area (Å²) in [6, 6.07) is 14.6. The van der Waals surface area contributed by atoms with Crippen LogP contribution in [0.3, 0.4) is 0 Å². The number of aryl methyl sites for hydroxylation is 1. The van der Waals surface area contributed by atoms with Gasteiger partial charge < -0.3 is 14.6 Å². The Balaban J connectivity index is 1.54. The number of aliphatic hydroxyl groups is 1. The first kappa shape index (κ1) is 20.2. The van der Waals surface area contributed by atoms with Crippen LogP contribution in [0.15, 0.2) is 78.1 Å². The quantitative estimate of drug-likeness (QED) is 0.284. The average molecular weight is 444 g/mol. The number of Topliss-reactive ketones (excluding diaryl/α,β-unsaturated/α-hetero) is 1. The molecule has 0 radical (unpaired) electrons. The van der Waals surface area contributed by atoms with Crippen LogP contribution in [-0.2, 0) is 23.1 Å². The van der Waals surface area contributed by atoms with Gasteiger partial charge in [0.2, 0.25) is 0 Å². The van der Waals surface area contributed by atoms with E-state index in [2.05, 4.69) is 27.9 Å². The van der Waals surface area contributed by atoms with Gasteiger partial charge >= 0.3 is 0 Å². The van der Waals surface area contributed by atoms with E-state index in [-0.39, 0.29) is 11.3 Å². The van der Waals surface area contributed by atoms with Crippen LogP contribution in [0.1, 0.15) is 22.0 Å². The number of carbonyl (C=O) groups is 2. The van der Waals surface area contributed by atoms with Crippen molar-refractivity contribution < 1.29 is 14.7 Å². The van der Waals surface area contributed by atoms with E-state index < -0.39 is 17.7 Å². The lowest BCUT2D eigenvalue weighted by Gasteiger charge is -2.24. The Labute approximate surface area is 189 Å². The number of nitrogens with zero attached hydrogens (tertiary/aromatic N) is 3. The molecule has 1 aliphatic rings. The SMILES string of the molecule is Cn1cc(CCN2C(=O)C(=O)/C(=C(\O)c3ccncc3)C2c2cccs2)c2ccccc21. The van der Waals surface area contributed by atoms with E-state index in [1.54, 1.807) is 29.4 Å². The van der Waals surface area contributed by atoms with Gasteiger partial charge in [0.15, 0.2) is 0 Å². The average Bonchev–Trinajstić information content (AvgIpc) is 3.52. The molecular weight excluding hydrogens is 422 g/mol. The number of carbonyl (C=O) groups excluding carboxylic acids is 2. The smallest absolute Gasteiger partial charge is 0.295 e. The zero-order valence-electron chi connectivity index (χ0n) is 17.4. The molecule has 32 heavy (non-hydrogen) atoms. The van der Waals surface area contributed by atoms with Crippen LogP contribution in [0.5, 0.6) is 0 Å². The van der Waals surface area contributed by atoms with E-state index in [4.69, 9.17) is 0 Å². The third-order valence-electron chi connectivity index (χ3n) is 5.91. The van der Waals surface area contributed by atoms with Gasteiger partial charge in [0.05, 0.1) is 11.6 Å². The summed E-state index contributed by atoms with van der Waals surface area (Å²) in [5, 5.41) is 14.0. The molecule has 0 spiro atoms. The standard InChI is InChI=1S/C25H21N3O3S/c1-27-15-17(18-5-2-3-6-19(18)27)10-13-28-22(20-7-4-14-32-20)21(24(30)25(28)31)23(29)16-8-11-26-12-9-16/h2-9,11-12,14-15,22,29H,10,13H2,1H3/b23-21-. The topological polar surface area (TPSA) is 75.4 Å². The number of likely N-dealkylation sites (tertiary alicyclic amines) is 1. The Morgan fingerprint density at radius 2 is 1.88 bits per heavy atom. The predicted molar refractivity (Wildman–Crippen MR) is 124 cm³/mol. The number of thiophene rings is 1. The van der Waals surface area contributed by atoms with Gasteiger partial charge in [-0.15, -0.1) is 11.3 Å². The number of hydrogen-bond donors (Lipinski definition) is 1. The third kappa shape index (κ3) is 3.31. The maximum Gasteiger partial charge on any atom is 0.295 e. The van der Waals surface area contributed by atoms with Gasteiger partial charge in [-0.1, -0.05) is 24.3 Å². The molecule has 0 saturated carbocycles. The van der Waals surface area contributed by atoms with Gasteiger partial charge in [0, 0.05) is 53.5 Å². The second-order valence-electron chi connectivity index (χ2n) is 7.78. The normalized spacial score (nSPS) is 18.0. The van der Waals surface area contributed by atoms with Crippen molar-refractivity contribution in [2.75, 3.05) is 6.54 Å². The lowest BCUT2D eigenvalue weighted by molar-refractivity contribution is -0.139. The monoisotopic (exact) mass is 443 g/mol. The lowest BCUT2D eigenvalue weighted by atomic mass is 10.0. The van der Waals surface area contributed by atoms with Crippen LogP contribution in [0, 0.1) is 0 Å². The van der Waals surface area contributed by atoms with Crippen LogP contribution in [-0.4, -0.2) is 37.8 Å². The molecule has 1 aromatic carbocycles. The molecule has 1 amide bonds. The number of ketones is 1. The largest absolute Gasteiger partial charge is 0.507 e. The number of aliphatic hydroxyl groups excluding tert-OH is 1. The molecule has 4 heterocycles. The van der Waals surface area contributed by atoms with Crippen LogP contribution in [0.4, 0.5) is 0 Å². The molecule has 1 saturated heterocycles. The number of aromatic nitrogens is 2. The molecule has 1 N–H and O–H groups in total. The number of benzene rings is 1. The summed E-state index contributed by atoms with van der Waals surface area (Å²) in [5.74, 6) is -1.41. The molecule has 4 aromatic rings. The van der Waals surface area contributed by atoms with Crippen LogP contribution < -0.4 is 0 Å². The molecule has 1 unspecified atom stereocenters. The second-order valence-corrected chi connectivity index (χ2v) is 8.76. The van der Waals surface area contributed by atoms with Crippen LogP contribution in [0.25, 0.3) is 16.7 Å². The minimum absolute atomic E-state index is 0.126. The number of hydrogen-bond acceptors (Lipinski definition) is 5. The van der Waals surface area contributed by atoms with Gasteiger partial charge in [-0.25, -0.2) is 0 Å². The fraction of sp³-hybridized carbons (Fsp3) is 0.160. The van der Waals surface area contributed by atoms with Gasteiger partial charge in [0.25, 0.3) is 11.7 Å². The molecule has 3 aromatic heterocycles. The van der Waals surface area contributed by atoms with Gasteiger partial charge in [-0.2, -0.15) is 0 Å². The van der Waals surface area contributed by atoms with Crippen LogP contribution >= 0.6 is 11.3 Å². The molecule has 1 atom stereocenters. The summed E-state index contributed by atoms with van der Waals surface area (Å²) >= 11 is 1.46. The van der Waals surface area contributed by atoms with Gasteiger partial charge in [-0.3, -0.25) is 14.6 Å². The highest BCUT2D eigenvalue weighted by atomic mass is 32.1. The van der Waals surface area contributed by atoms with E-state index in [1.807, 2.05) is 36.7 Å². The second kappa shape index (κ2) is 8.09. The van der Waals surface area contributed by atoms with Crippen molar-refractivity contribution >= 4 is 39.7 Å². The van der Waals surface area contributed by atoms with E-state index >= 15 is 0 Å². The lowest BCUT2D eigenvalue weighted by Crippen LogP contribution is -2.31. The molecule has 7 heteroatoms. The third-order valence-corrected chi connectivity index (χ3v) is 6.83. The Morgan fingerprint density at radius 3 is 2.62 bits per heavy atom. The summed E-state index contributed by atoms with van der Waals surface area (Å²) < 4.78 is 2.07. The molecule has 1 aliphatic heterocycles. The Hall–Kier alpha value is -3.71. The minimum Gasteiger partial charge on any atom is -0.507 e. The van der Waals surface area contributed by atoms with E-state index in [0.717, 1.165) is 21.3 Å². The summed E-state index contributed by atoms with van der Waals surface area (Å²) in [5.41, 5.74) is 2.83. The number of rotatable bonds is 5. The zero-order valence-corrected chi connectivity index (χ0v) is 18.2. The maximum atomic E-state index is 13.1. The fourth-order valence-electron chi connectivity index (χ4n) is 4.38. The fourth-order valence-corrected chi connectivity index (χ4v) is 5.23. The number of fused-ring (bicyclic) bond motifs is 1. The Bertz CT molecular complexity index is 1340. The molecule has 0 aliphatic carbocycles. The Kier molecular flexibility index (Phi) is 5.11. The highest BCUT2D eigenvalue weighted by Crippen LogP contribution is 2.41. The van der Waals surface area contributed by atoms with Crippen molar-refractivity contribution in [2.24, 2.45) is 7.05 Å². The van der Waals surface area contributed by atoms with Crippen molar-refractivity contribution in [3.05, 3.63) is 94.1 Å². The van der Waals surface area contributed by atoms with Crippen molar-refractivity contribution in [3.63, 3.8) is 0 Å². The first-order valence-corrected chi connectivity index (χ1v) is 11.2. The van der Waals surface area contributed by atoms with Crippen molar-refractivity contribution in [2.45, 2.75) is 12.5 Å². The molecule has 160 valence electrons. The summed E-state index contributed by atoms with van der Waals surface area (Å²) in [6.45, 7) is 0.369. The molecule has 6 nitrogen and oxygen atoms in total. The molecular formula is C25H21N3O3S. The minimum atomic E-state index is -0.657. The predicted octanol–water partition coefficient (Wildman–Crippen LogP) is 4.30. The number of amides is 1. The highest BCUT2D eigenvalue weighted by Gasteiger charge is 2.46. The summed E-state index contributed by atoms with van der Waals surface area (Å²) in [4.78, 5) is 32.5. The maximum absolute atomic E-state index is 13.1. The van der Waals surface area contributed by atoms with Crippen LogP contribution in [0.2, 0.25) is 0 Å². The number of para-hydroxylation sites is 1.